The van der Waals surface area contributed by atoms with Gasteiger partial charge in [0.2, 0.25) is 5.92 Å². The Morgan fingerprint density at radius 1 is 1.11 bits per heavy atom. The quantitative estimate of drug-likeness (QED) is 0.352. The fourth-order valence-corrected chi connectivity index (χ4v) is 4.85. The Bertz CT molecular complexity index is 1080. The van der Waals surface area contributed by atoms with Crippen LogP contribution in [0.4, 0.5) is 37.7 Å². The van der Waals surface area contributed by atoms with Crippen LogP contribution < -0.4 is 9.64 Å². The largest absolute Gasteiger partial charge is 0.492 e. The molecule has 1 aliphatic rings. The predicted octanol–water partition coefficient (Wildman–Crippen LogP) is 7.63. The average molecular weight is 536 g/mol. The molecular weight excluding hydrogens is 508 g/mol. The van der Waals surface area contributed by atoms with E-state index in [1.807, 2.05) is 0 Å². The molecule has 1 heterocycles. The topological polar surface area (TPSA) is 49.8 Å². The third-order valence-electron chi connectivity index (χ3n) is 5.87. The number of fused-ring (bicyclic) bond motifs is 1. The Morgan fingerprint density at radius 2 is 1.75 bits per heavy atom. The number of alkyl halides is 5. The first-order chi connectivity index (χ1) is 16.6. The van der Waals surface area contributed by atoms with Crippen LogP contribution in [0.1, 0.15) is 39.2 Å². The van der Waals surface area contributed by atoms with Crippen molar-refractivity contribution in [3.8, 4) is 5.75 Å². The molecule has 0 saturated heterocycles. The van der Waals surface area contributed by atoms with E-state index < -0.39 is 47.2 Å². The van der Waals surface area contributed by atoms with Crippen molar-refractivity contribution >= 4 is 29.1 Å². The van der Waals surface area contributed by atoms with Crippen LogP contribution in [0.3, 0.4) is 0 Å². The molecule has 0 aliphatic carbocycles. The smallest absolute Gasteiger partial charge is 0.420 e. The fraction of sp³-hybridized carbons (Fsp3) is 0.480. The minimum Gasteiger partial charge on any atom is -0.492 e. The summed E-state index contributed by atoms with van der Waals surface area (Å²) in [6.45, 7) is 3.16. The number of thioether (sulfide) groups is 1. The van der Waals surface area contributed by atoms with Crippen LogP contribution in [-0.4, -0.2) is 35.9 Å². The summed E-state index contributed by atoms with van der Waals surface area (Å²) in [4.78, 5) is 13.4. The minimum atomic E-state index is -4.81. The standard InChI is InChI=1S/C25H27F6NO3S/c1-23(2,22(33)34)14-35-20-11-21-19(10-18(20)25(29,30)31)32(17-6-4-16(26)5-7-17)12-15(13-36-21)8-9-24(3,27)28/h4-7,10-11,15H,8-9,12-14H2,1-3H3,(H,33,34). The van der Waals surface area contributed by atoms with Crippen molar-refractivity contribution in [1.29, 1.82) is 0 Å². The molecule has 4 nitrogen and oxygen atoms in total. The van der Waals surface area contributed by atoms with E-state index in [0.717, 1.165) is 13.0 Å². The van der Waals surface area contributed by atoms with Gasteiger partial charge >= 0.3 is 12.1 Å². The highest BCUT2D eigenvalue weighted by atomic mass is 32.2. The molecule has 36 heavy (non-hydrogen) atoms. The number of halogens is 6. The van der Waals surface area contributed by atoms with Gasteiger partial charge in [0.05, 0.1) is 16.7 Å². The van der Waals surface area contributed by atoms with Gasteiger partial charge in [-0.05, 0) is 69.5 Å². The molecule has 1 unspecified atom stereocenters. The van der Waals surface area contributed by atoms with Gasteiger partial charge in [-0.15, -0.1) is 11.8 Å². The highest BCUT2D eigenvalue weighted by molar-refractivity contribution is 7.99. The number of nitrogens with zero attached hydrogens (tertiary/aromatic N) is 1. The van der Waals surface area contributed by atoms with Crippen molar-refractivity contribution in [2.24, 2.45) is 11.3 Å². The van der Waals surface area contributed by atoms with Gasteiger partial charge in [-0.3, -0.25) is 4.79 Å². The first-order valence-corrected chi connectivity index (χ1v) is 12.2. The number of rotatable bonds is 8. The van der Waals surface area contributed by atoms with Gasteiger partial charge in [0, 0.05) is 29.3 Å². The minimum absolute atomic E-state index is 0.143. The predicted molar refractivity (Wildman–Crippen MR) is 126 cm³/mol. The highest BCUT2D eigenvalue weighted by Gasteiger charge is 2.38. The summed E-state index contributed by atoms with van der Waals surface area (Å²) in [5.74, 6) is -5.06. The number of anilines is 2. The van der Waals surface area contributed by atoms with Crippen molar-refractivity contribution in [3.63, 3.8) is 0 Å². The lowest BCUT2D eigenvalue weighted by Gasteiger charge is -2.29. The van der Waals surface area contributed by atoms with Gasteiger partial charge in [-0.1, -0.05) is 0 Å². The van der Waals surface area contributed by atoms with Crippen LogP contribution in [0.5, 0.6) is 5.75 Å². The molecule has 0 fully saturated rings. The molecule has 1 aliphatic heterocycles. The lowest BCUT2D eigenvalue weighted by molar-refractivity contribution is -0.148. The number of hydrogen-bond donors (Lipinski definition) is 1. The van der Waals surface area contributed by atoms with Gasteiger partial charge in [-0.2, -0.15) is 13.2 Å². The second-order valence-electron chi connectivity index (χ2n) is 9.66. The summed E-state index contributed by atoms with van der Waals surface area (Å²) in [7, 11) is 0. The summed E-state index contributed by atoms with van der Waals surface area (Å²) in [6, 6.07) is 7.34. The van der Waals surface area contributed by atoms with Gasteiger partial charge in [0.15, 0.2) is 0 Å². The molecule has 11 heteroatoms. The Kier molecular flexibility index (Phi) is 8.12. The van der Waals surface area contributed by atoms with Crippen LogP contribution in [-0.2, 0) is 11.0 Å². The number of benzene rings is 2. The van der Waals surface area contributed by atoms with E-state index in [4.69, 9.17) is 4.74 Å². The fourth-order valence-electron chi connectivity index (χ4n) is 3.65. The van der Waals surface area contributed by atoms with Crippen molar-refractivity contribution < 1.29 is 41.0 Å². The van der Waals surface area contributed by atoms with E-state index in [1.165, 1.54) is 55.9 Å². The Hall–Kier alpha value is -2.56. The van der Waals surface area contributed by atoms with Gasteiger partial charge < -0.3 is 14.7 Å². The van der Waals surface area contributed by atoms with E-state index in [0.29, 0.717) is 16.3 Å². The Labute approximate surface area is 209 Å². The van der Waals surface area contributed by atoms with Crippen LogP contribution in [0.15, 0.2) is 41.3 Å². The zero-order chi connectivity index (χ0) is 26.9. The normalized spacial score (nSPS) is 16.9. The zero-order valence-electron chi connectivity index (χ0n) is 20.0. The van der Waals surface area contributed by atoms with Crippen LogP contribution >= 0.6 is 11.8 Å². The van der Waals surface area contributed by atoms with E-state index in [9.17, 15) is 36.2 Å². The second-order valence-corrected chi connectivity index (χ2v) is 10.7. The number of aliphatic carboxylic acids is 1. The summed E-state index contributed by atoms with van der Waals surface area (Å²) >= 11 is 1.22. The number of carbonyl (C=O) groups is 1. The lowest BCUT2D eigenvalue weighted by atomic mass is 9.95. The van der Waals surface area contributed by atoms with E-state index in [1.54, 1.807) is 4.90 Å². The number of carboxylic acids is 1. The van der Waals surface area contributed by atoms with Crippen molar-refractivity contribution in [3.05, 3.63) is 47.8 Å². The number of carboxylic acid groups (broad SMARTS) is 1. The Morgan fingerprint density at radius 3 is 2.31 bits per heavy atom. The summed E-state index contributed by atoms with van der Waals surface area (Å²) in [5, 5.41) is 9.30. The monoisotopic (exact) mass is 535 g/mol. The van der Waals surface area contributed by atoms with Crippen molar-refractivity contribution in [2.45, 2.75) is 50.6 Å². The zero-order valence-corrected chi connectivity index (χ0v) is 20.8. The molecule has 0 radical (unpaired) electrons. The van der Waals surface area contributed by atoms with Crippen LogP contribution in [0.25, 0.3) is 0 Å². The van der Waals surface area contributed by atoms with Crippen LogP contribution in [0.2, 0.25) is 0 Å². The number of ether oxygens (including phenoxy) is 1. The molecule has 1 atom stereocenters. The maximum atomic E-state index is 14.1. The maximum Gasteiger partial charge on any atom is 0.420 e. The molecular formula is C25H27F6NO3S. The first kappa shape index (κ1) is 28.0. The van der Waals surface area contributed by atoms with Gasteiger partial charge in [-0.25, -0.2) is 13.2 Å². The van der Waals surface area contributed by atoms with E-state index in [-0.39, 0.29) is 31.0 Å². The summed E-state index contributed by atoms with van der Waals surface area (Å²) < 4.78 is 88.2. The Balaban J connectivity index is 2.07. The molecule has 0 spiro atoms. The van der Waals surface area contributed by atoms with E-state index >= 15 is 0 Å². The van der Waals surface area contributed by atoms with Gasteiger partial charge in [0.25, 0.3) is 0 Å². The second kappa shape index (κ2) is 10.4. The molecule has 3 rings (SSSR count). The molecule has 0 amide bonds. The third kappa shape index (κ3) is 7.02. The molecule has 0 aromatic heterocycles. The average Bonchev–Trinajstić information content (AvgIpc) is 2.94. The van der Waals surface area contributed by atoms with Gasteiger partial charge in [0.1, 0.15) is 18.2 Å². The maximum absolute atomic E-state index is 14.1. The number of hydrogen-bond acceptors (Lipinski definition) is 4. The van der Waals surface area contributed by atoms with Crippen LogP contribution in [0, 0.1) is 17.2 Å². The van der Waals surface area contributed by atoms with Crippen molar-refractivity contribution in [2.75, 3.05) is 23.8 Å². The summed E-state index contributed by atoms with van der Waals surface area (Å²) in [6.07, 6.45) is -5.05. The molecule has 1 N–H and O–H groups in total. The molecule has 2 aromatic carbocycles. The van der Waals surface area contributed by atoms with E-state index in [2.05, 4.69) is 0 Å². The SMILES string of the molecule is CC(F)(F)CCC1CSc2cc(OCC(C)(C)C(=O)O)c(C(F)(F)F)cc2N(c2ccc(F)cc2)C1. The molecule has 198 valence electrons. The first-order valence-electron chi connectivity index (χ1n) is 11.2. The summed E-state index contributed by atoms with van der Waals surface area (Å²) in [5.41, 5.74) is -1.91. The van der Waals surface area contributed by atoms with Crippen molar-refractivity contribution in [1.82, 2.24) is 0 Å². The molecule has 0 bridgehead atoms. The molecule has 2 aromatic rings. The highest BCUT2D eigenvalue weighted by Crippen LogP contribution is 2.47. The molecule has 0 saturated carbocycles. The third-order valence-corrected chi connectivity index (χ3v) is 7.15. The lowest BCUT2D eigenvalue weighted by Crippen LogP contribution is -2.31.